The predicted molar refractivity (Wildman–Crippen MR) is 88.2 cm³/mol. The van der Waals surface area contributed by atoms with Crippen molar-refractivity contribution in [1.82, 2.24) is 4.98 Å². The van der Waals surface area contributed by atoms with Gasteiger partial charge in [0, 0.05) is 17.1 Å². The molecule has 0 amide bonds. The number of hydrogen-bond donors (Lipinski definition) is 1. The Kier molecular flexibility index (Phi) is 3.72. The molecule has 0 bridgehead atoms. The zero-order chi connectivity index (χ0) is 15.9. The first-order valence-corrected chi connectivity index (χ1v) is 7.38. The van der Waals surface area contributed by atoms with Gasteiger partial charge in [0.15, 0.2) is 0 Å². The number of phenolic OH excluding ortho intramolecular Hbond substituents is 1. The highest BCUT2D eigenvalue weighted by Crippen LogP contribution is 2.47. The number of aromatic nitrogens is 1. The fraction of sp³-hybridized carbons (Fsp3) is 0. The van der Waals surface area contributed by atoms with E-state index in [-0.39, 0.29) is 26.5 Å². The molecule has 110 valence electrons. The van der Waals surface area contributed by atoms with Crippen LogP contribution in [0.25, 0.3) is 22.0 Å². The summed E-state index contributed by atoms with van der Waals surface area (Å²) in [6, 6.07) is 9.83. The summed E-state index contributed by atoms with van der Waals surface area (Å²) >= 11 is 9.41. The molecule has 0 aliphatic carbocycles. The Hall–Kier alpha value is -2.18. The molecule has 3 aromatic rings. The third kappa shape index (κ3) is 2.20. The summed E-state index contributed by atoms with van der Waals surface area (Å²) in [5.74, 6) is -0.0632. The number of benzene rings is 2. The first-order valence-electron chi connectivity index (χ1n) is 6.20. The van der Waals surface area contributed by atoms with Crippen molar-refractivity contribution in [3.05, 3.63) is 62.2 Å². The zero-order valence-corrected chi connectivity index (χ0v) is 13.3. The lowest BCUT2D eigenvalue weighted by Crippen LogP contribution is -1.97. The second-order valence-electron chi connectivity index (χ2n) is 4.53. The summed E-state index contributed by atoms with van der Waals surface area (Å²) in [7, 11) is 0. The summed E-state index contributed by atoms with van der Waals surface area (Å²) < 4.78 is 0.165. The van der Waals surface area contributed by atoms with Gasteiger partial charge in [0.25, 0.3) is 5.69 Å². The maximum atomic E-state index is 11.5. The van der Waals surface area contributed by atoms with Gasteiger partial charge in [0.2, 0.25) is 0 Å². The number of aromatic hydroxyl groups is 1. The van der Waals surface area contributed by atoms with Crippen molar-refractivity contribution in [1.29, 1.82) is 0 Å². The number of halogens is 2. The largest absolute Gasteiger partial charge is 0.507 e. The van der Waals surface area contributed by atoms with Crippen molar-refractivity contribution in [2.45, 2.75) is 0 Å². The van der Waals surface area contributed by atoms with Crippen LogP contribution in [0.5, 0.6) is 5.75 Å². The zero-order valence-electron chi connectivity index (χ0n) is 11.0. The van der Waals surface area contributed by atoms with Crippen LogP contribution >= 0.6 is 27.5 Å². The van der Waals surface area contributed by atoms with Gasteiger partial charge < -0.3 is 5.11 Å². The van der Waals surface area contributed by atoms with Crippen LogP contribution in [0.1, 0.15) is 0 Å². The first kappa shape index (κ1) is 14.7. The molecule has 1 N–H and O–H groups in total. The minimum absolute atomic E-state index is 0.0632. The summed E-state index contributed by atoms with van der Waals surface area (Å²) in [5, 5.41) is 22.4. The molecule has 3 rings (SSSR count). The predicted octanol–water partition coefficient (Wildman–Crippen LogP) is 4.93. The minimum atomic E-state index is -0.536. The van der Waals surface area contributed by atoms with Gasteiger partial charge in [0.1, 0.15) is 10.2 Å². The number of fused-ring (bicyclic) bond motifs is 1. The van der Waals surface area contributed by atoms with Gasteiger partial charge in [-0.3, -0.25) is 15.1 Å². The molecule has 22 heavy (non-hydrogen) atoms. The normalized spacial score (nSPS) is 10.8. The summed E-state index contributed by atoms with van der Waals surface area (Å²) in [4.78, 5) is 15.2. The van der Waals surface area contributed by atoms with E-state index in [1.54, 1.807) is 30.3 Å². The molecular weight excluding hydrogens is 372 g/mol. The highest BCUT2D eigenvalue weighted by atomic mass is 79.9. The van der Waals surface area contributed by atoms with E-state index in [0.717, 1.165) is 0 Å². The van der Waals surface area contributed by atoms with Gasteiger partial charge in [-0.05, 0) is 34.1 Å². The summed E-state index contributed by atoms with van der Waals surface area (Å²) in [6.45, 7) is 0. The average Bonchev–Trinajstić information content (AvgIpc) is 2.51. The van der Waals surface area contributed by atoms with E-state index in [1.807, 2.05) is 0 Å². The number of nitro benzene ring substituents is 1. The molecule has 7 heteroatoms. The molecule has 0 unspecified atom stereocenters. The Labute approximate surface area is 138 Å². The van der Waals surface area contributed by atoms with Crippen molar-refractivity contribution >= 4 is 44.1 Å². The van der Waals surface area contributed by atoms with Crippen LogP contribution in [-0.4, -0.2) is 15.0 Å². The lowest BCUT2D eigenvalue weighted by molar-refractivity contribution is -0.384. The van der Waals surface area contributed by atoms with Crippen LogP contribution in [0.2, 0.25) is 5.02 Å². The Morgan fingerprint density at radius 2 is 1.95 bits per heavy atom. The van der Waals surface area contributed by atoms with Crippen LogP contribution in [0.4, 0.5) is 5.69 Å². The third-order valence-corrected chi connectivity index (χ3v) is 4.67. The number of phenols is 1. The fourth-order valence-corrected chi connectivity index (χ4v) is 3.14. The van der Waals surface area contributed by atoms with E-state index in [2.05, 4.69) is 20.9 Å². The number of hydrogen-bond acceptors (Lipinski definition) is 4. The van der Waals surface area contributed by atoms with Crippen molar-refractivity contribution in [3.63, 3.8) is 0 Å². The van der Waals surface area contributed by atoms with Gasteiger partial charge in [-0.15, -0.1) is 0 Å². The topological polar surface area (TPSA) is 76.3 Å². The number of pyridine rings is 1. The van der Waals surface area contributed by atoms with Gasteiger partial charge in [-0.2, -0.15) is 0 Å². The molecule has 0 fully saturated rings. The number of nitro groups is 1. The lowest BCUT2D eigenvalue weighted by Gasteiger charge is -2.12. The Morgan fingerprint density at radius 1 is 1.23 bits per heavy atom. The molecule has 0 saturated heterocycles. The standard InChI is InChI=1S/C15H8BrClN2O3/c16-12-13(17)9-5-3-7-18-14(9)11(15(12)19(21)22)8-4-1-2-6-10(8)20/h1-7,20H. The van der Waals surface area contributed by atoms with E-state index in [4.69, 9.17) is 11.6 Å². The molecule has 1 aromatic heterocycles. The summed E-state index contributed by atoms with van der Waals surface area (Å²) in [5.41, 5.74) is 0.701. The van der Waals surface area contributed by atoms with E-state index >= 15 is 0 Å². The van der Waals surface area contributed by atoms with Gasteiger partial charge in [-0.25, -0.2) is 0 Å². The second-order valence-corrected chi connectivity index (χ2v) is 5.70. The van der Waals surface area contributed by atoms with Crippen LogP contribution in [0.15, 0.2) is 47.1 Å². The molecular formula is C15H8BrClN2O3. The average molecular weight is 380 g/mol. The van der Waals surface area contributed by atoms with Gasteiger partial charge >= 0.3 is 0 Å². The molecule has 5 nitrogen and oxygen atoms in total. The first-order chi connectivity index (χ1) is 10.5. The fourth-order valence-electron chi connectivity index (χ4n) is 2.34. The summed E-state index contributed by atoms with van der Waals surface area (Å²) in [6.07, 6.45) is 1.53. The molecule has 0 saturated carbocycles. The minimum Gasteiger partial charge on any atom is -0.507 e. The molecule has 0 radical (unpaired) electrons. The van der Waals surface area contributed by atoms with E-state index in [0.29, 0.717) is 16.5 Å². The van der Waals surface area contributed by atoms with Gasteiger partial charge in [0.05, 0.1) is 21.0 Å². The number of para-hydroxylation sites is 1. The van der Waals surface area contributed by atoms with Crippen LogP contribution in [0.3, 0.4) is 0 Å². The molecule has 0 atom stereocenters. The Morgan fingerprint density at radius 3 is 2.64 bits per heavy atom. The second kappa shape index (κ2) is 5.55. The monoisotopic (exact) mass is 378 g/mol. The molecule has 0 aliphatic heterocycles. The molecule has 2 aromatic carbocycles. The van der Waals surface area contributed by atoms with Crippen LogP contribution in [-0.2, 0) is 0 Å². The smallest absolute Gasteiger partial charge is 0.295 e. The quantitative estimate of drug-likeness (QED) is 0.506. The van der Waals surface area contributed by atoms with Gasteiger partial charge in [-0.1, -0.05) is 29.8 Å². The molecule has 0 aliphatic rings. The number of nitrogens with zero attached hydrogens (tertiary/aromatic N) is 2. The van der Waals surface area contributed by atoms with Crippen molar-refractivity contribution in [2.24, 2.45) is 0 Å². The number of rotatable bonds is 2. The van der Waals surface area contributed by atoms with Crippen LogP contribution < -0.4 is 0 Å². The highest BCUT2D eigenvalue weighted by molar-refractivity contribution is 9.10. The maximum absolute atomic E-state index is 11.5. The lowest BCUT2D eigenvalue weighted by atomic mass is 9.99. The van der Waals surface area contributed by atoms with Crippen molar-refractivity contribution in [2.75, 3.05) is 0 Å². The highest BCUT2D eigenvalue weighted by Gasteiger charge is 2.28. The van der Waals surface area contributed by atoms with Crippen LogP contribution in [0, 0.1) is 10.1 Å². The molecule has 0 spiro atoms. The van der Waals surface area contributed by atoms with E-state index in [1.165, 1.54) is 12.3 Å². The maximum Gasteiger partial charge on any atom is 0.295 e. The van der Waals surface area contributed by atoms with E-state index in [9.17, 15) is 15.2 Å². The third-order valence-electron chi connectivity index (χ3n) is 3.27. The molecule has 1 heterocycles. The van der Waals surface area contributed by atoms with E-state index < -0.39 is 4.92 Å². The SMILES string of the molecule is O=[N+]([O-])c1c(Br)c(Cl)c2cccnc2c1-c1ccccc1O. The Bertz CT molecular complexity index is 915. The van der Waals surface area contributed by atoms with Crippen molar-refractivity contribution < 1.29 is 10.0 Å². The van der Waals surface area contributed by atoms with Crippen molar-refractivity contribution in [3.8, 4) is 16.9 Å². The Balaban J connectivity index is 2.57.